The van der Waals surface area contributed by atoms with Gasteiger partial charge in [0.1, 0.15) is 5.75 Å². The molecule has 3 nitrogen and oxygen atoms in total. The molecule has 1 aromatic carbocycles. The minimum atomic E-state index is -0.0803. The fourth-order valence-electron chi connectivity index (χ4n) is 1.30. The summed E-state index contributed by atoms with van der Waals surface area (Å²) in [4.78, 5) is 11.5. The lowest BCUT2D eigenvalue weighted by Gasteiger charge is -2.07. The first-order valence-corrected chi connectivity index (χ1v) is 4.81. The Hall–Kier alpha value is -1.77. The zero-order valence-electron chi connectivity index (χ0n) is 9.04. The van der Waals surface area contributed by atoms with Gasteiger partial charge in [-0.1, -0.05) is 12.7 Å². The number of ether oxygens (including phenoxy) is 1. The Morgan fingerprint density at radius 1 is 1.60 bits per heavy atom. The molecule has 0 saturated heterocycles. The van der Waals surface area contributed by atoms with Gasteiger partial charge in [-0.25, -0.2) is 0 Å². The van der Waals surface area contributed by atoms with E-state index in [0.717, 1.165) is 11.3 Å². The number of carbonyl (C=O) groups excluding carboxylic acids is 1. The first kappa shape index (κ1) is 11.3. The van der Waals surface area contributed by atoms with Crippen LogP contribution in [0.3, 0.4) is 0 Å². The predicted molar refractivity (Wildman–Crippen MR) is 61.1 cm³/mol. The standard InChI is InChI=1S/C12H15NO2/c1-4-9-8-10(12(14)13-5-2)6-7-11(9)15-3/h4,6-8H,1,5H2,2-3H3,(H,13,14). The molecule has 0 aliphatic heterocycles. The van der Waals surface area contributed by atoms with Gasteiger partial charge in [0.05, 0.1) is 7.11 Å². The Bertz CT molecular complexity index is 372. The molecule has 0 unspecified atom stereocenters. The molecule has 0 fully saturated rings. The van der Waals surface area contributed by atoms with E-state index in [1.54, 1.807) is 31.4 Å². The van der Waals surface area contributed by atoms with Crippen molar-refractivity contribution < 1.29 is 9.53 Å². The molecule has 0 aromatic heterocycles. The quantitative estimate of drug-likeness (QED) is 0.817. The molecule has 15 heavy (non-hydrogen) atoms. The summed E-state index contributed by atoms with van der Waals surface area (Å²) in [5.41, 5.74) is 1.44. The van der Waals surface area contributed by atoms with E-state index in [-0.39, 0.29) is 5.91 Å². The van der Waals surface area contributed by atoms with Gasteiger partial charge in [0.2, 0.25) is 0 Å². The number of hydrogen-bond acceptors (Lipinski definition) is 2. The van der Waals surface area contributed by atoms with Crippen LogP contribution in [0.5, 0.6) is 5.75 Å². The van der Waals surface area contributed by atoms with E-state index in [4.69, 9.17) is 4.74 Å². The topological polar surface area (TPSA) is 38.3 Å². The molecule has 0 aliphatic rings. The summed E-state index contributed by atoms with van der Waals surface area (Å²) < 4.78 is 5.13. The number of amides is 1. The van der Waals surface area contributed by atoms with Crippen molar-refractivity contribution in [3.8, 4) is 5.75 Å². The summed E-state index contributed by atoms with van der Waals surface area (Å²) in [6.07, 6.45) is 1.67. The minimum absolute atomic E-state index is 0.0803. The fourth-order valence-corrected chi connectivity index (χ4v) is 1.30. The Morgan fingerprint density at radius 3 is 2.87 bits per heavy atom. The Balaban J connectivity index is 3.02. The van der Waals surface area contributed by atoms with Crippen LogP contribution in [0.25, 0.3) is 6.08 Å². The van der Waals surface area contributed by atoms with Crippen molar-refractivity contribution in [3.05, 3.63) is 35.9 Å². The van der Waals surface area contributed by atoms with Crippen LogP contribution in [0, 0.1) is 0 Å². The van der Waals surface area contributed by atoms with Crippen LogP contribution in [-0.4, -0.2) is 19.6 Å². The Labute approximate surface area is 89.8 Å². The maximum absolute atomic E-state index is 11.5. The summed E-state index contributed by atoms with van der Waals surface area (Å²) in [5, 5.41) is 2.74. The van der Waals surface area contributed by atoms with Gasteiger partial charge in [-0.15, -0.1) is 0 Å². The highest BCUT2D eigenvalue weighted by atomic mass is 16.5. The molecule has 0 saturated carbocycles. The van der Waals surface area contributed by atoms with Crippen molar-refractivity contribution in [2.24, 2.45) is 0 Å². The minimum Gasteiger partial charge on any atom is -0.496 e. The van der Waals surface area contributed by atoms with E-state index < -0.39 is 0 Å². The van der Waals surface area contributed by atoms with Gasteiger partial charge in [0, 0.05) is 17.7 Å². The van der Waals surface area contributed by atoms with Gasteiger partial charge in [-0.05, 0) is 25.1 Å². The number of hydrogen-bond donors (Lipinski definition) is 1. The second-order valence-corrected chi connectivity index (χ2v) is 3.02. The normalized spacial score (nSPS) is 9.47. The maximum Gasteiger partial charge on any atom is 0.251 e. The summed E-state index contributed by atoms with van der Waals surface area (Å²) in [7, 11) is 1.59. The first-order valence-electron chi connectivity index (χ1n) is 4.81. The predicted octanol–water partition coefficient (Wildman–Crippen LogP) is 2.09. The molecule has 1 rings (SSSR count). The fraction of sp³-hybridized carbons (Fsp3) is 0.250. The molecule has 1 aromatic rings. The van der Waals surface area contributed by atoms with Gasteiger partial charge in [0.25, 0.3) is 5.91 Å². The van der Waals surface area contributed by atoms with Crippen LogP contribution in [-0.2, 0) is 0 Å². The Morgan fingerprint density at radius 2 is 2.33 bits per heavy atom. The van der Waals surface area contributed by atoms with E-state index in [9.17, 15) is 4.79 Å². The van der Waals surface area contributed by atoms with Gasteiger partial charge in [-0.2, -0.15) is 0 Å². The van der Waals surface area contributed by atoms with E-state index in [2.05, 4.69) is 11.9 Å². The van der Waals surface area contributed by atoms with E-state index in [1.807, 2.05) is 6.92 Å². The van der Waals surface area contributed by atoms with Crippen molar-refractivity contribution in [2.45, 2.75) is 6.92 Å². The van der Waals surface area contributed by atoms with E-state index in [1.165, 1.54) is 0 Å². The molecule has 0 bridgehead atoms. The lowest BCUT2D eigenvalue weighted by Crippen LogP contribution is -2.22. The van der Waals surface area contributed by atoms with Crippen molar-refractivity contribution >= 4 is 12.0 Å². The van der Waals surface area contributed by atoms with Gasteiger partial charge < -0.3 is 10.1 Å². The smallest absolute Gasteiger partial charge is 0.251 e. The summed E-state index contributed by atoms with van der Waals surface area (Å²) in [6.45, 7) is 6.18. The molecule has 0 heterocycles. The highest BCUT2D eigenvalue weighted by Crippen LogP contribution is 2.20. The zero-order valence-corrected chi connectivity index (χ0v) is 9.04. The van der Waals surface area contributed by atoms with Crippen molar-refractivity contribution in [1.29, 1.82) is 0 Å². The molecule has 0 spiro atoms. The lowest BCUT2D eigenvalue weighted by atomic mass is 10.1. The molecular weight excluding hydrogens is 190 g/mol. The second kappa shape index (κ2) is 5.20. The van der Waals surface area contributed by atoms with Gasteiger partial charge in [-0.3, -0.25) is 4.79 Å². The molecule has 1 amide bonds. The van der Waals surface area contributed by atoms with Crippen molar-refractivity contribution in [1.82, 2.24) is 5.32 Å². The molecule has 0 radical (unpaired) electrons. The van der Waals surface area contributed by atoms with Crippen molar-refractivity contribution in [2.75, 3.05) is 13.7 Å². The largest absolute Gasteiger partial charge is 0.496 e. The van der Waals surface area contributed by atoms with Crippen LogP contribution in [0.15, 0.2) is 24.8 Å². The van der Waals surface area contributed by atoms with Gasteiger partial charge >= 0.3 is 0 Å². The third-order valence-corrected chi connectivity index (χ3v) is 2.05. The van der Waals surface area contributed by atoms with Crippen LogP contribution in [0.1, 0.15) is 22.8 Å². The molecule has 3 heteroatoms. The highest BCUT2D eigenvalue weighted by Gasteiger charge is 2.07. The number of carbonyl (C=O) groups is 1. The summed E-state index contributed by atoms with van der Waals surface area (Å²) >= 11 is 0. The van der Waals surface area contributed by atoms with E-state index >= 15 is 0 Å². The molecular formula is C12H15NO2. The third kappa shape index (κ3) is 2.59. The zero-order chi connectivity index (χ0) is 11.3. The second-order valence-electron chi connectivity index (χ2n) is 3.02. The average molecular weight is 205 g/mol. The first-order chi connectivity index (χ1) is 7.22. The van der Waals surface area contributed by atoms with Gasteiger partial charge in [0.15, 0.2) is 0 Å². The van der Waals surface area contributed by atoms with Crippen molar-refractivity contribution in [3.63, 3.8) is 0 Å². The summed E-state index contributed by atoms with van der Waals surface area (Å²) in [6, 6.07) is 5.26. The monoisotopic (exact) mass is 205 g/mol. The average Bonchev–Trinajstić information content (AvgIpc) is 2.28. The maximum atomic E-state index is 11.5. The number of nitrogens with one attached hydrogen (secondary N) is 1. The lowest BCUT2D eigenvalue weighted by molar-refractivity contribution is 0.0956. The van der Waals surface area contributed by atoms with Crippen LogP contribution < -0.4 is 10.1 Å². The van der Waals surface area contributed by atoms with Crippen LogP contribution in [0.2, 0.25) is 0 Å². The third-order valence-electron chi connectivity index (χ3n) is 2.05. The highest BCUT2D eigenvalue weighted by molar-refractivity contribution is 5.95. The Kier molecular flexibility index (Phi) is 3.92. The summed E-state index contributed by atoms with van der Waals surface area (Å²) in [5.74, 6) is 0.640. The molecule has 0 aliphatic carbocycles. The van der Waals surface area contributed by atoms with E-state index in [0.29, 0.717) is 12.1 Å². The number of methoxy groups -OCH3 is 1. The van der Waals surface area contributed by atoms with Crippen LogP contribution in [0.4, 0.5) is 0 Å². The SMILES string of the molecule is C=Cc1cc(C(=O)NCC)ccc1OC. The number of benzene rings is 1. The molecule has 0 atom stereocenters. The van der Waals surface area contributed by atoms with Crippen LogP contribution >= 0.6 is 0 Å². The molecule has 80 valence electrons. The molecule has 1 N–H and O–H groups in total. The number of rotatable bonds is 4.